The van der Waals surface area contributed by atoms with Crippen LogP contribution in [0, 0.1) is 12.3 Å². The minimum absolute atomic E-state index is 0.162. The highest BCUT2D eigenvalue weighted by molar-refractivity contribution is 6.29. The largest absolute Gasteiger partial charge is 0.464 e. The van der Waals surface area contributed by atoms with E-state index in [1.54, 1.807) is 0 Å². The van der Waals surface area contributed by atoms with Gasteiger partial charge in [-0.2, -0.15) is 13.2 Å². The molecule has 2 nitrogen and oxygen atoms in total. The first-order valence-corrected chi connectivity index (χ1v) is 4.12. The molecule has 0 saturated heterocycles. The highest BCUT2D eigenvalue weighted by Crippen LogP contribution is 2.32. The van der Waals surface area contributed by atoms with Crippen LogP contribution in [0.15, 0.2) is 12.1 Å². The van der Waals surface area contributed by atoms with Crippen molar-refractivity contribution in [3.05, 3.63) is 22.8 Å². The van der Waals surface area contributed by atoms with Crippen molar-refractivity contribution >= 4 is 11.6 Å². The number of halogens is 4. The molecule has 0 spiro atoms. The molecule has 0 amide bonds. The van der Waals surface area contributed by atoms with E-state index in [1.165, 1.54) is 0 Å². The number of hydrogen-bond donors (Lipinski definition) is 0. The van der Waals surface area contributed by atoms with Crippen molar-refractivity contribution in [3.63, 3.8) is 0 Å². The molecule has 0 bridgehead atoms. The second kappa shape index (κ2) is 4.41. The lowest BCUT2D eigenvalue weighted by atomic mass is 10.2. The molecule has 15 heavy (non-hydrogen) atoms. The van der Waals surface area contributed by atoms with Crippen molar-refractivity contribution in [2.45, 2.75) is 6.18 Å². The van der Waals surface area contributed by atoms with E-state index in [9.17, 15) is 13.2 Å². The van der Waals surface area contributed by atoms with Crippen LogP contribution in [-0.4, -0.2) is 11.6 Å². The van der Waals surface area contributed by atoms with E-state index in [1.807, 2.05) is 0 Å². The van der Waals surface area contributed by atoms with Crippen molar-refractivity contribution in [2.24, 2.45) is 0 Å². The van der Waals surface area contributed by atoms with E-state index in [0.29, 0.717) is 6.07 Å². The molecule has 80 valence electrons. The molecular formula is C9H5ClF3NO. The van der Waals surface area contributed by atoms with Crippen molar-refractivity contribution in [3.8, 4) is 18.2 Å². The molecule has 0 fully saturated rings. The molecule has 0 saturated carbocycles. The smallest absolute Gasteiger partial charge is 0.416 e. The van der Waals surface area contributed by atoms with Gasteiger partial charge in [0, 0.05) is 6.07 Å². The van der Waals surface area contributed by atoms with Crippen LogP contribution in [0.4, 0.5) is 13.2 Å². The van der Waals surface area contributed by atoms with Gasteiger partial charge >= 0.3 is 6.18 Å². The zero-order valence-corrected chi connectivity index (χ0v) is 8.06. The molecule has 0 aromatic carbocycles. The predicted molar refractivity (Wildman–Crippen MR) is 48.6 cm³/mol. The van der Waals surface area contributed by atoms with Gasteiger partial charge < -0.3 is 4.74 Å². The molecule has 0 N–H and O–H groups in total. The average Bonchev–Trinajstić information content (AvgIpc) is 2.12. The van der Waals surface area contributed by atoms with Crippen LogP contribution in [0.25, 0.3) is 0 Å². The maximum absolute atomic E-state index is 12.3. The first-order chi connectivity index (χ1) is 6.93. The summed E-state index contributed by atoms with van der Waals surface area (Å²) in [6.45, 7) is -0.162. The molecule has 0 aliphatic heterocycles. The lowest BCUT2D eigenvalue weighted by Crippen LogP contribution is -2.06. The van der Waals surface area contributed by atoms with Crippen LogP contribution >= 0.6 is 11.6 Å². The van der Waals surface area contributed by atoms with Gasteiger partial charge in [0.25, 0.3) is 0 Å². The number of rotatable bonds is 2. The van der Waals surface area contributed by atoms with E-state index in [2.05, 4.69) is 10.9 Å². The zero-order valence-electron chi connectivity index (χ0n) is 7.31. The molecule has 0 aliphatic carbocycles. The molecule has 1 aromatic heterocycles. The molecule has 1 heterocycles. The molecule has 0 atom stereocenters. The van der Waals surface area contributed by atoms with Crippen molar-refractivity contribution in [2.75, 3.05) is 6.61 Å². The summed E-state index contributed by atoms with van der Waals surface area (Å²) in [6, 6.07) is 1.45. The van der Waals surface area contributed by atoms with E-state index in [0.717, 1.165) is 6.07 Å². The second-order valence-corrected chi connectivity index (χ2v) is 2.89. The van der Waals surface area contributed by atoms with Crippen LogP contribution in [0.5, 0.6) is 5.88 Å². The molecule has 0 aliphatic rings. The predicted octanol–water partition coefficient (Wildman–Crippen LogP) is 2.77. The summed E-state index contributed by atoms with van der Waals surface area (Å²) in [5.41, 5.74) is -0.922. The SMILES string of the molecule is C#CCOc1cc(C(F)(F)F)cc(Cl)n1. The number of hydrogen-bond acceptors (Lipinski definition) is 2. The monoisotopic (exact) mass is 235 g/mol. The third kappa shape index (κ3) is 3.33. The molecule has 0 unspecified atom stereocenters. The summed E-state index contributed by atoms with van der Waals surface area (Å²) in [5.74, 6) is 1.86. The minimum atomic E-state index is -4.49. The Morgan fingerprint density at radius 2 is 2.13 bits per heavy atom. The third-order valence-electron chi connectivity index (χ3n) is 1.40. The molecule has 1 rings (SSSR count). The first kappa shape index (κ1) is 11.7. The Morgan fingerprint density at radius 3 is 2.67 bits per heavy atom. The number of pyridine rings is 1. The van der Waals surface area contributed by atoms with Crippen LogP contribution in [0.2, 0.25) is 5.15 Å². The van der Waals surface area contributed by atoms with Crippen LogP contribution in [0.3, 0.4) is 0 Å². The normalized spacial score (nSPS) is 10.9. The Morgan fingerprint density at radius 1 is 1.47 bits per heavy atom. The summed E-state index contributed by atoms with van der Waals surface area (Å²) < 4.78 is 41.6. The summed E-state index contributed by atoms with van der Waals surface area (Å²) in [5, 5.41) is -0.295. The molecule has 6 heteroatoms. The Hall–Kier alpha value is -1.41. The first-order valence-electron chi connectivity index (χ1n) is 3.74. The Labute approximate surface area is 89.0 Å². The van der Waals surface area contributed by atoms with Crippen LogP contribution < -0.4 is 4.74 Å². The standard InChI is InChI=1S/C9H5ClF3NO/c1-2-3-15-8-5-6(9(11,12)13)4-7(10)14-8/h1,4-5H,3H2. The lowest BCUT2D eigenvalue weighted by Gasteiger charge is -2.08. The van der Waals surface area contributed by atoms with E-state index in [4.69, 9.17) is 22.8 Å². The molecule has 1 aromatic rings. The average molecular weight is 236 g/mol. The second-order valence-electron chi connectivity index (χ2n) is 2.51. The van der Waals surface area contributed by atoms with Crippen molar-refractivity contribution < 1.29 is 17.9 Å². The Bertz CT molecular complexity index is 397. The molecule has 0 radical (unpaired) electrons. The third-order valence-corrected chi connectivity index (χ3v) is 1.59. The van der Waals surface area contributed by atoms with Gasteiger partial charge in [-0.15, -0.1) is 6.42 Å². The van der Waals surface area contributed by atoms with Gasteiger partial charge in [-0.05, 0) is 6.07 Å². The van der Waals surface area contributed by atoms with Gasteiger partial charge in [-0.3, -0.25) is 0 Å². The van der Waals surface area contributed by atoms with Gasteiger partial charge in [0.15, 0.2) is 6.61 Å². The Balaban J connectivity index is 3.01. The number of terminal acetylenes is 1. The fourth-order valence-corrected chi connectivity index (χ4v) is 1.03. The summed E-state index contributed by atoms with van der Waals surface area (Å²) in [7, 11) is 0. The van der Waals surface area contributed by atoms with E-state index < -0.39 is 11.7 Å². The number of aromatic nitrogens is 1. The van der Waals surface area contributed by atoms with Crippen molar-refractivity contribution in [1.29, 1.82) is 0 Å². The van der Waals surface area contributed by atoms with Crippen LogP contribution in [0.1, 0.15) is 5.56 Å². The maximum atomic E-state index is 12.3. The van der Waals surface area contributed by atoms with Crippen LogP contribution in [-0.2, 0) is 6.18 Å². The van der Waals surface area contributed by atoms with Gasteiger partial charge in [0.1, 0.15) is 5.15 Å². The topological polar surface area (TPSA) is 22.1 Å². The quantitative estimate of drug-likeness (QED) is 0.581. The highest BCUT2D eigenvalue weighted by atomic mass is 35.5. The van der Waals surface area contributed by atoms with E-state index in [-0.39, 0.29) is 17.6 Å². The number of nitrogens with zero attached hydrogens (tertiary/aromatic N) is 1. The fraction of sp³-hybridized carbons (Fsp3) is 0.222. The number of ether oxygens (including phenoxy) is 1. The highest BCUT2D eigenvalue weighted by Gasteiger charge is 2.31. The van der Waals surface area contributed by atoms with Gasteiger partial charge in [-0.25, -0.2) is 4.98 Å². The lowest BCUT2D eigenvalue weighted by molar-refractivity contribution is -0.137. The molecular weight excluding hydrogens is 231 g/mol. The van der Waals surface area contributed by atoms with Gasteiger partial charge in [-0.1, -0.05) is 17.5 Å². The van der Waals surface area contributed by atoms with Gasteiger partial charge in [0.2, 0.25) is 5.88 Å². The maximum Gasteiger partial charge on any atom is 0.416 e. The Kier molecular flexibility index (Phi) is 3.43. The van der Waals surface area contributed by atoms with Crippen molar-refractivity contribution in [1.82, 2.24) is 4.98 Å². The van der Waals surface area contributed by atoms with E-state index >= 15 is 0 Å². The summed E-state index contributed by atoms with van der Waals surface area (Å²) in [6.07, 6.45) is 0.395. The number of alkyl halides is 3. The van der Waals surface area contributed by atoms with Gasteiger partial charge in [0.05, 0.1) is 5.56 Å². The fourth-order valence-electron chi connectivity index (χ4n) is 0.826. The minimum Gasteiger partial charge on any atom is -0.464 e. The summed E-state index contributed by atoms with van der Waals surface area (Å²) in [4.78, 5) is 3.53. The zero-order chi connectivity index (χ0) is 11.5. The summed E-state index contributed by atoms with van der Waals surface area (Å²) >= 11 is 5.39.